The van der Waals surface area contributed by atoms with Crippen LogP contribution in [0.2, 0.25) is 0 Å². The topological polar surface area (TPSA) is 98.1 Å². The van der Waals surface area contributed by atoms with Crippen LogP contribution >= 0.6 is 11.3 Å². The van der Waals surface area contributed by atoms with Gasteiger partial charge in [-0.2, -0.15) is 5.26 Å². The summed E-state index contributed by atoms with van der Waals surface area (Å²) in [7, 11) is 0. The van der Waals surface area contributed by atoms with Gasteiger partial charge in [0.25, 0.3) is 11.8 Å². The Hall–Kier alpha value is -4.48. The van der Waals surface area contributed by atoms with E-state index in [9.17, 15) is 9.59 Å². The summed E-state index contributed by atoms with van der Waals surface area (Å²) >= 11 is 1.49. The average molecular weight is 480 g/mol. The number of aromatic nitrogens is 1. The second-order valence-corrected chi connectivity index (χ2v) is 9.07. The van der Waals surface area contributed by atoms with Crippen LogP contribution in [-0.4, -0.2) is 23.3 Å². The number of thiazole rings is 1. The van der Waals surface area contributed by atoms with E-state index in [0.717, 1.165) is 26.8 Å². The standard InChI is InChI=1S/C27H21N5O2S/c1-2-32-23-6-4-3-5-21(23)26(34)31-22-13-19(11-12-24(22)32)25(33)29-15-20-16-30-27(35-20)18-9-7-17(14-28)8-10-18/h3-13,16H,2,15H2,1H3,(H,29,33)(H,31,34). The molecule has 2 N–H and O–H groups in total. The number of hydrogen-bond acceptors (Lipinski definition) is 6. The maximum absolute atomic E-state index is 12.9. The molecule has 0 radical (unpaired) electrons. The summed E-state index contributed by atoms with van der Waals surface area (Å²) < 4.78 is 0. The van der Waals surface area contributed by atoms with Crippen molar-refractivity contribution in [3.05, 3.63) is 94.5 Å². The molecule has 35 heavy (non-hydrogen) atoms. The second kappa shape index (κ2) is 9.41. The lowest BCUT2D eigenvalue weighted by Gasteiger charge is -2.24. The summed E-state index contributed by atoms with van der Waals surface area (Å²) in [4.78, 5) is 33.1. The number of nitrogens with zero attached hydrogens (tertiary/aromatic N) is 3. The average Bonchev–Trinajstić information content (AvgIpc) is 3.33. The highest BCUT2D eigenvalue weighted by molar-refractivity contribution is 7.15. The molecule has 5 rings (SSSR count). The van der Waals surface area contributed by atoms with Crippen LogP contribution in [0.3, 0.4) is 0 Å². The van der Waals surface area contributed by atoms with Crippen LogP contribution in [0.25, 0.3) is 10.6 Å². The van der Waals surface area contributed by atoms with Gasteiger partial charge in [0.15, 0.2) is 0 Å². The molecule has 0 atom stereocenters. The van der Waals surface area contributed by atoms with Gasteiger partial charge in [0.1, 0.15) is 5.01 Å². The van der Waals surface area contributed by atoms with E-state index in [2.05, 4.69) is 26.6 Å². The van der Waals surface area contributed by atoms with Crippen molar-refractivity contribution in [3.8, 4) is 16.6 Å². The fraction of sp³-hybridized carbons (Fsp3) is 0.111. The third kappa shape index (κ3) is 4.37. The van der Waals surface area contributed by atoms with Crippen molar-refractivity contribution < 1.29 is 9.59 Å². The van der Waals surface area contributed by atoms with Crippen LogP contribution in [0.4, 0.5) is 17.1 Å². The van der Waals surface area contributed by atoms with E-state index in [0.29, 0.717) is 35.5 Å². The van der Waals surface area contributed by atoms with Gasteiger partial charge in [0.05, 0.1) is 40.8 Å². The molecule has 1 aromatic heterocycles. The van der Waals surface area contributed by atoms with Gasteiger partial charge in [-0.05, 0) is 49.4 Å². The van der Waals surface area contributed by atoms with Gasteiger partial charge in [0.2, 0.25) is 0 Å². The third-order valence-corrected chi connectivity index (χ3v) is 6.84. The molecular weight excluding hydrogens is 458 g/mol. The zero-order valence-electron chi connectivity index (χ0n) is 18.9. The van der Waals surface area contributed by atoms with Crippen LogP contribution in [0.1, 0.15) is 38.1 Å². The Morgan fingerprint density at radius 2 is 1.91 bits per heavy atom. The molecule has 2 heterocycles. The number of carbonyl (C=O) groups is 2. The Bertz CT molecular complexity index is 1470. The fourth-order valence-corrected chi connectivity index (χ4v) is 4.91. The van der Waals surface area contributed by atoms with Crippen LogP contribution in [0.5, 0.6) is 0 Å². The molecule has 4 aromatic rings. The Morgan fingerprint density at radius 3 is 2.69 bits per heavy atom. The molecule has 0 bridgehead atoms. The predicted octanol–water partition coefficient (Wildman–Crippen LogP) is 5.34. The van der Waals surface area contributed by atoms with Gasteiger partial charge in [-0.3, -0.25) is 9.59 Å². The minimum Gasteiger partial charge on any atom is -0.347 e. The monoisotopic (exact) mass is 479 g/mol. The van der Waals surface area contributed by atoms with Gasteiger partial charge >= 0.3 is 0 Å². The Labute approximate surface area is 206 Å². The normalized spacial score (nSPS) is 12.1. The Balaban J connectivity index is 1.32. The van der Waals surface area contributed by atoms with E-state index in [4.69, 9.17) is 5.26 Å². The van der Waals surface area contributed by atoms with Crippen molar-refractivity contribution in [3.63, 3.8) is 0 Å². The number of rotatable bonds is 5. The van der Waals surface area contributed by atoms with E-state index in [1.807, 2.05) is 43.3 Å². The lowest BCUT2D eigenvalue weighted by atomic mass is 10.1. The number of nitriles is 1. The molecule has 0 spiro atoms. The van der Waals surface area contributed by atoms with Crippen molar-refractivity contribution in [1.29, 1.82) is 5.26 Å². The summed E-state index contributed by atoms with van der Waals surface area (Å²) in [5, 5.41) is 15.7. The van der Waals surface area contributed by atoms with Crippen LogP contribution in [0, 0.1) is 11.3 Å². The number of para-hydroxylation sites is 1. The Morgan fingerprint density at radius 1 is 1.11 bits per heavy atom. The summed E-state index contributed by atoms with van der Waals surface area (Å²) in [6.45, 7) is 3.04. The molecule has 1 aliphatic heterocycles. The highest BCUT2D eigenvalue weighted by Crippen LogP contribution is 2.38. The molecule has 7 nitrogen and oxygen atoms in total. The minimum absolute atomic E-state index is 0.199. The van der Waals surface area contributed by atoms with Crippen molar-refractivity contribution >= 4 is 40.2 Å². The Kier molecular flexibility index (Phi) is 6.00. The summed E-state index contributed by atoms with van der Waals surface area (Å²) in [5.74, 6) is -0.435. The molecule has 1 aliphatic rings. The quantitative estimate of drug-likeness (QED) is 0.403. The molecule has 2 amide bonds. The van der Waals surface area contributed by atoms with Crippen LogP contribution < -0.4 is 15.5 Å². The van der Waals surface area contributed by atoms with Crippen molar-refractivity contribution in [2.24, 2.45) is 0 Å². The van der Waals surface area contributed by atoms with E-state index < -0.39 is 0 Å². The van der Waals surface area contributed by atoms with Crippen LogP contribution in [-0.2, 0) is 6.54 Å². The number of hydrogen-bond donors (Lipinski definition) is 2. The van der Waals surface area contributed by atoms with Crippen molar-refractivity contribution in [1.82, 2.24) is 10.3 Å². The van der Waals surface area contributed by atoms with Gasteiger partial charge in [-0.25, -0.2) is 4.98 Å². The molecular formula is C27H21N5O2S. The lowest BCUT2D eigenvalue weighted by Crippen LogP contribution is -2.23. The molecule has 3 aromatic carbocycles. The number of amides is 2. The first-order valence-electron chi connectivity index (χ1n) is 11.1. The molecule has 0 saturated carbocycles. The SMILES string of the molecule is CCN1c2ccc(C(=O)NCc3cnc(-c4ccc(C#N)cc4)s3)cc2NC(=O)c2ccccc21. The van der Waals surface area contributed by atoms with Crippen LogP contribution in [0.15, 0.2) is 72.9 Å². The molecule has 8 heteroatoms. The number of fused-ring (bicyclic) bond motifs is 2. The second-order valence-electron chi connectivity index (χ2n) is 7.95. The lowest BCUT2D eigenvalue weighted by molar-refractivity contribution is 0.0950. The summed E-state index contributed by atoms with van der Waals surface area (Å²) in [5.41, 5.74) is 4.86. The first kappa shape index (κ1) is 22.3. The molecule has 172 valence electrons. The first-order chi connectivity index (χ1) is 17.1. The van der Waals surface area contributed by atoms with E-state index in [1.165, 1.54) is 11.3 Å². The van der Waals surface area contributed by atoms with Gasteiger partial charge < -0.3 is 15.5 Å². The summed E-state index contributed by atoms with van der Waals surface area (Å²) in [6.07, 6.45) is 1.74. The smallest absolute Gasteiger partial charge is 0.257 e. The highest BCUT2D eigenvalue weighted by Gasteiger charge is 2.24. The zero-order valence-corrected chi connectivity index (χ0v) is 19.7. The molecule has 0 fully saturated rings. The fourth-order valence-electron chi connectivity index (χ4n) is 4.05. The van der Waals surface area contributed by atoms with E-state index >= 15 is 0 Å². The number of benzene rings is 3. The minimum atomic E-state index is -0.236. The third-order valence-electron chi connectivity index (χ3n) is 5.79. The number of anilines is 3. The van der Waals surface area contributed by atoms with Crippen molar-refractivity contribution in [2.75, 3.05) is 16.8 Å². The van der Waals surface area contributed by atoms with Gasteiger partial charge in [0, 0.05) is 28.7 Å². The maximum Gasteiger partial charge on any atom is 0.257 e. The van der Waals surface area contributed by atoms with Crippen molar-refractivity contribution in [2.45, 2.75) is 13.5 Å². The summed E-state index contributed by atoms with van der Waals surface area (Å²) in [6, 6.07) is 22.2. The zero-order chi connectivity index (χ0) is 24.4. The molecule has 0 saturated heterocycles. The number of carbonyl (C=O) groups excluding carboxylic acids is 2. The maximum atomic E-state index is 12.9. The van der Waals surface area contributed by atoms with Gasteiger partial charge in [-0.15, -0.1) is 11.3 Å². The predicted molar refractivity (Wildman–Crippen MR) is 137 cm³/mol. The number of nitrogens with one attached hydrogen (secondary N) is 2. The van der Waals surface area contributed by atoms with Gasteiger partial charge in [-0.1, -0.05) is 24.3 Å². The van der Waals surface area contributed by atoms with E-state index in [-0.39, 0.29) is 11.8 Å². The highest BCUT2D eigenvalue weighted by atomic mass is 32.1. The molecule has 0 aliphatic carbocycles. The first-order valence-corrected chi connectivity index (χ1v) is 11.9. The largest absolute Gasteiger partial charge is 0.347 e. The van der Waals surface area contributed by atoms with E-state index in [1.54, 1.807) is 36.5 Å². The molecule has 0 unspecified atom stereocenters.